The number of hydrogen-bond donors (Lipinski definition) is 2. The molecule has 0 aromatic heterocycles. The van der Waals surface area contributed by atoms with Crippen molar-refractivity contribution in [2.45, 2.75) is 32.9 Å². The molecular weight excluding hydrogens is 270 g/mol. The fourth-order valence-corrected chi connectivity index (χ4v) is 1.63. The minimum atomic E-state index is -0.561. The molecular formula is C15H23N3O3. The van der Waals surface area contributed by atoms with Gasteiger partial charge in [0.1, 0.15) is 6.61 Å². The third kappa shape index (κ3) is 6.76. The lowest BCUT2D eigenvalue weighted by molar-refractivity contribution is -0.144. The molecule has 0 aliphatic rings. The van der Waals surface area contributed by atoms with Crippen LogP contribution in [0, 0.1) is 0 Å². The molecule has 0 unspecified atom stereocenters. The molecule has 0 saturated heterocycles. The monoisotopic (exact) mass is 293 g/mol. The Morgan fingerprint density at radius 3 is 2.24 bits per heavy atom. The van der Waals surface area contributed by atoms with E-state index in [0.717, 1.165) is 5.56 Å². The summed E-state index contributed by atoms with van der Waals surface area (Å²) in [5.74, 6) is -0.838. The van der Waals surface area contributed by atoms with Crippen LogP contribution >= 0.6 is 0 Å². The van der Waals surface area contributed by atoms with Crippen molar-refractivity contribution in [1.82, 2.24) is 4.90 Å². The van der Waals surface area contributed by atoms with Gasteiger partial charge in [0.15, 0.2) is 0 Å². The first-order chi connectivity index (χ1) is 9.67. The lowest BCUT2D eigenvalue weighted by Crippen LogP contribution is -2.41. The Kier molecular flexibility index (Phi) is 5.72. The van der Waals surface area contributed by atoms with Crippen molar-refractivity contribution in [2.24, 2.45) is 5.73 Å². The Morgan fingerprint density at radius 2 is 1.76 bits per heavy atom. The maximum atomic E-state index is 12.2. The van der Waals surface area contributed by atoms with Crippen LogP contribution in [0.2, 0.25) is 0 Å². The number of nitrogen functional groups attached to an aromatic ring is 1. The first-order valence-corrected chi connectivity index (χ1v) is 6.72. The normalized spacial score (nSPS) is 11.2. The van der Waals surface area contributed by atoms with Gasteiger partial charge in [-0.2, -0.15) is 0 Å². The van der Waals surface area contributed by atoms with Crippen molar-refractivity contribution < 1.29 is 14.3 Å². The number of hydrogen-bond acceptors (Lipinski definition) is 4. The molecule has 116 valence electrons. The van der Waals surface area contributed by atoms with E-state index < -0.39 is 11.5 Å². The lowest BCUT2D eigenvalue weighted by atomic mass is 10.2. The molecule has 0 heterocycles. The Labute approximate surface area is 125 Å². The van der Waals surface area contributed by atoms with Crippen LogP contribution in [0.3, 0.4) is 0 Å². The van der Waals surface area contributed by atoms with Crippen LogP contribution in [0.15, 0.2) is 24.3 Å². The van der Waals surface area contributed by atoms with E-state index in [1.807, 2.05) is 20.8 Å². The zero-order chi connectivity index (χ0) is 16.0. The van der Waals surface area contributed by atoms with Gasteiger partial charge in [0.25, 0.3) is 0 Å². The molecule has 1 aromatic rings. The number of ether oxygens (including phenoxy) is 1. The molecule has 0 spiro atoms. The van der Waals surface area contributed by atoms with Crippen molar-refractivity contribution in [3.05, 3.63) is 29.8 Å². The van der Waals surface area contributed by atoms with Gasteiger partial charge in [-0.25, -0.2) is 0 Å². The second kappa shape index (κ2) is 7.08. The van der Waals surface area contributed by atoms with Crippen LogP contribution in [0.4, 0.5) is 5.69 Å². The van der Waals surface area contributed by atoms with Gasteiger partial charge in [0.2, 0.25) is 11.8 Å². The van der Waals surface area contributed by atoms with Crippen LogP contribution in [0.5, 0.6) is 0 Å². The Balaban J connectivity index is 2.72. The molecule has 0 aliphatic heterocycles. The minimum Gasteiger partial charge on any atom is -0.399 e. The van der Waals surface area contributed by atoms with E-state index in [1.54, 1.807) is 24.3 Å². The molecule has 2 amide bonds. The number of amides is 2. The molecule has 4 N–H and O–H groups in total. The summed E-state index contributed by atoms with van der Waals surface area (Å²) in [5, 5.41) is 0. The molecule has 6 heteroatoms. The molecule has 0 aliphatic carbocycles. The highest BCUT2D eigenvalue weighted by molar-refractivity contribution is 5.84. The van der Waals surface area contributed by atoms with E-state index in [-0.39, 0.29) is 25.6 Å². The first-order valence-electron chi connectivity index (χ1n) is 6.72. The average molecular weight is 293 g/mol. The van der Waals surface area contributed by atoms with Crippen LogP contribution in [0.1, 0.15) is 26.3 Å². The number of benzene rings is 1. The van der Waals surface area contributed by atoms with E-state index in [2.05, 4.69) is 0 Å². The molecule has 6 nitrogen and oxygen atoms in total. The lowest BCUT2D eigenvalue weighted by Gasteiger charge is -2.24. The van der Waals surface area contributed by atoms with Crippen molar-refractivity contribution in [3.63, 3.8) is 0 Å². The Hall–Kier alpha value is -2.08. The van der Waals surface area contributed by atoms with E-state index in [0.29, 0.717) is 5.69 Å². The van der Waals surface area contributed by atoms with Crippen molar-refractivity contribution in [1.29, 1.82) is 0 Å². The van der Waals surface area contributed by atoms with Crippen molar-refractivity contribution in [3.8, 4) is 0 Å². The Bertz CT molecular complexity index is 492. The zero-order valence-electron chi connectivity index (χ0n) is 12.8. The van der Waals surface area contributed by atoms with Gasteiger partial charge in [-0.15, -0.1) is 0 Å². The highest BCUT2D eigenvalue weighted by atomic mass is 16.5. The summed E-state index contributed by atoms with van der Waals surface area (Å²) in [7, 11) is 0. The second-order valence-electron chi connectivity index (χ2n) is 5.86. The van der Waals surface area contributed by atoms with Crippen LogP contribution < -0.4 is 11.5 Å². The maximum absolute atomic E-state index is 12.2. The number of primary amides is 1. The maximum Gasteiger partial charge on any atom is 0.249 e. The third-order valence-electron chi connectivity index (χ3n) is 2.68. The molecule has 0 fully saturated rings. The number of carbonyl (C=O) groups excluding carboxylic acids is 2. The zero-order valence-corrected chi connectivity index (χ0v) is 12.8. The summed E-state index contributed by atoms with van der Waals surface area (Å²) < 4.78 is 5.45. The van der Waals surface area contributed by atoms with Gasteiger partial charge in [-0.1, -0.05) is 12.1 Å². The number of rotatable bonds is 6. The molecule has 21 heavy (non-hydrogen) atoms. The van der Waals surface area contributed by atoms with Crippen LogP contribution in [-0.4, -0.2) is 35.5 Å². The fourth-order valence-electron chi connectivity index (χ4n) is 1.63. The molecule has 1 aromatic carbocycles. The largest absolute Gasteiger partial charge is 0.399 e. The quantitative estimate of drug-likeness (QED) is 0.761. The van der Waals surface area contributed by atoms with Gasteiger partial charge < -0.3 is 21.1 Å². The van der Waals surface area contributed by atoms with Gasteiger partial charge in [-0.05, 0) is 38.5 Å². The topological polar surface area (TPSA) is 98.6 Å². The van der Waals surface area contributed by atoms with E-state index in [4.69, 9.17) is 16.2 Å². The summed E-state index contributed by atoms with van der Waals surface area (Å²) in [4.78, 5) is 24.7. The van der Waals surface area contributed by atoms with Gasteiger partial charge in [0, 0.05) is 12.2 Å². The molecule has 0 bridgehead atoms. The second-order valence-corrected chi connectivity index (χ2v) is 5.86. The number of carbonyl (C=O) groups is 2. The van der Waals surface area contributed by atoms with Gasteiger partial charge in [0.05, 0.1) is 12.1 Å². The van der Waals surface area contributed by atoms with Gasteiger partial charge in [-0.3, -0.25) is 9.59 Å². The highest BCUT2D eigenvalue weighted by Gasteiger charge is 2.19. The first kappa shape index (κ1) is 17.0. The highest BCUT2D eigenvalue weighted by Crippen LogP contribution is 2.11. The summed E-state index contributed by atoms with van der Waals surface area (Å²) in [5.41, 5.74) is 11.9. The summed E-state index contributed by atoms with van der Waals surface area (Å²) in [6.07, 6.45) is 0. The molecule has 0 atom stereocenters. The van der Waals surface area contributed by atoms with Crippen LogP contribution in [0.25, 0.3) is 0 Å². The summed E-state index contributed by atoms with van der Waals surface area (Å²) >= 11 is 0. The summed E-state index contributed by atoms with van der Waals surface area (Å²) in [6, 6.07) is 7.10. The number of anilines is 1. The van der Waals surface area contributed by atoms with Crippen LogP contribution in [-0.2, 0) is 20.9 Å². The minimum absolute atomic E-state index is 0.0915. The van der Waals surface area contributed by atoms with Crippen molar-refractivity contribution >= 4 is 17.5 Å². The smallest absolute Gasteiger partial charge is 0.249 e. The van der Waals surface area contributed by atoms with Crippen molar-refractivity contribution in [2.75, 3.05) is 18.9 Å². The van der Waals surface area contributed by atoms with Gasteiger partial charge >= 0.3 is 0 Å². The average Bonchev–Trinajstić information content (AvgIpc) is 2.36. The predicted molar refractivity (Wildman–Crippen MR) is 81.2 cm³/mol. The molecule has 0 saturated carbocycles. The fraction of sp³-hybridized carbons (Fsp3) is 0.467. The Morgan fingerprint density at radius 1 is 1.19 bits per heavy atom. The van der Waals surface area contributed by atoms with E-state index >= 15 is 0 Å². The molecule has 0 radical (unpaired) electrons. The predicted octanol–water partition coefficient (Wildman–Crippen LogP) is 0.898. The van der Waals surface area contributed by atoms with E-state index in [1.165, 1.54) is 4.90 Å². The SMILES string of the molecule is CC(C)(C)OCC(=O)N(CC(N)=O)Cc1ccc(N)cc1. The molecule has 1 rings (SSSR count). The third-order valence-corrected chi connectivity index (χ3v) is 2.68. The van der Waals surface area contributed by atoms with E-state index in [9.17, 15) is 9.59 Å². The number of nitrogens with two attached hydrogens (primary N) is 2. The standard InChI is InChI=1S/C15H23N3O3/c1-15(2,3)21-10-14(20)18(9-13(17)19)8-11-4-6-12(16)7-5-11/h4-7H,8-10,16H2,1-3H3,(H2,17,19). The summed E-state index contributed by atoms with van der Waals surface area (Å²) in [6.45, 7) is 5.63. The number of nitrogens with zero attached hydrogens (tertiary/aromatic N) is 1.